The van der Waals surface area contributed by atoms with Crippen LogP contribution in [0.5, 0.6) is 0 Å². The van der Waals surface area contributed by atoms with E-state index < -0.39 is 0 Å². The zero-order valence-electron chi connectivity index (χ0n) is 9.38. The van der Waals surface area contributed by atoms with Crippen LogP contribution in [0.2, 0.25) is 0 Å². The molecule has 2 heterocycles. The topological polar surface area (TPSA) is 64.7 Å². The number of aromatic nitrogens is 3. The molecule has 0 aromatic carbocycles. The van der Waals surface area contributed by atoms with E-state index in [9.17, 15) is 0 Å². The van der Waals surface area contributed by atoms with Gasteiger partial charge in [0.2, 0.25) is 0 Å². The predicted octanol–water partition coefficient (Wildman–Crippen LogP) is 1.87. The van der Waals surface area contributed by atoms with E-state index in [4.69, 9.17) is 5.73 Å². The maximum absolute atomic E-state index is 5.81. The van der Waals surface area contributed by atoms with Crippen LogP contribution in [-0.4, -0.2) is 15.0 Å². The van der Waals surface area contributed by atoms with Gasteiger partial charge < -0.3 is 5.73 Å². The maximum atomic E-state index is 5.81. The van der Waals surface area contributed by atoms with E-state index in [1.807, 2.05) is 26.0 Å². The normalized spacial score (nSPS) is 12.4. The molecule has 0 aliphatic heterocycles. The lowest BCUT2D eigenvalue weighted by Crippen LogP contribution is -2.09. The lowest BCUT2D eigenvalue weighted by molar-refractivity contribution is 0.790. The van der Waals surface area contributed by atoms with Crippen molar-refractivity contribution in [3.8, 4) is 11.4 Å². The SMILES string of the molecule is Cc1nc(-c2cccnc2)ncc1[C@@H](C)N. The Morgan fingerprint density at radius 2 is 2.12 bits per heavy atom. The van der Waals surface area contributed by atoms with Crippen molar-refractivity contribution >= 4 is 0 Å². The van der Waals surface area contributed by atoms with E-state index in [2.05, 4.69) is 15.0 Å². The molecule has 0 unspecified atom stereocenters. The summed E-state index contributed by atoms with van der Waals surface area (Å²) in [6.07, 6.45) is 5.27. The summed E-state index contributed by atoms with van der Waals surface area (Å²) in [6.45, 7) is 3.87. The largest absolute Gasteiger partial charge is 0.324 e. The first-order valence-corrected chi connectivity index (χ1v) is 5.18. The molecule has 2 rings (SSSR count). The van der Waals surface area contributed by atoms with Gasteiger partial charge in [-0.1, -0.05) is 0 Å². The Hall–Kier alpha value is -1.81. The van der Waals surface area contributed by atoms with Crippen LogP contribution in [0.15, 0.2) is 30.7 Å². The van der Waals surface area contributed by atoms with Crippen LogP contribution in [-0.2, 0) is 0 Å². The molecule has 0 amide bonds. The number of hydrogen-bond acceptors (Lipinski definition) is 4. The van der Waals surface area contributed by atoms with Crippen LogP contribution in [0.25, 0.3) is 11.4 Å². The minimum absolute atomic E-state index is 0.0389. The second kappa shape index (κ2) is 4.37. The van der Waals surface area contributed by atoms with Crippen LogP contribution in [0.4, 0.5) is 0 Å². The lowest BCUT2D eigenvalue weighted by Gasteiger charge is -2.09. The highest BCUT2D eigenvalue weighted by molar-refractivity contribution is 5.53. The summed E-state index contributed by atoms with van der Waals surface area (Å²) < 4.78 is 0. The molecule has 0 radical (unpaired) electrons. The monoisotopic (exact) mass is 214 g/mol. The van der Waals surface area contributed by atoms with Gasteiger partial charge in [-0.05, 0) is 26.0 Å². The molecule has 2 aromatic rings. The van der Waals surface area contributed by atoms with E-state index in [1.165, 1.54) is 0 Å². The fraction of sp³-hybridized carbons (Fsp3) is 0.250. The molecule has 0 aliphatic carbocycles. The van der Waals surface area contributed by atoms with Gasteiger partial charge in [0.15, 0.2) is 5.82 Å². The summed E-state index contributed by atoms with van der Waals surface area (Å²) in [5.74, 6) is 0.690. The second-order valence-corrected chi connectivity index (χ2v) is 3.76. The number of rotatable bonds is 2. The third-order valence-corrected chi connectivity index (χ3v) is 2.43. The van der Waals surface area contributed by atoms with Gasteiger partial charge in [-0.25, -0.2) is 9.97 Å². The number of aryl methyl sites for hydroxylation is 1. The molecule has 4 heteroatoms. The first kappa shape index (κ1) is 10.7. The Kier molecular flexibility index (Phi) is 2.92. The van der Waals surface area contributed by atoms with E-state index >= 15 is 0 Å². The van der Waals surface area contributed by atoms with Crippen LogP contribution in [0.3, 0.4) is 0 Å². The average Bonchev–Trinajstić information content (AvgIpc) is 2.29. The minimum Gasteiger partial charge on any atom is -0.324 e. The van der Waals surface area contributed by atoms with Gasteiger partial charge in [-0.15, -0.1) is 0 Å². The summed E-state index contributed by atoms with van der Waals surface area (Å²) in [5.41, 5.74) is 8.63. The Balaban J connectivity index is 2.43. The van der Waals surface area contributed by atoms with Crippen molar-refractivity contribution in [2.75, 3.05) is 0 Å². The second-order valence-electron chi connectivity index (χ2n) is 3.76. The van der Waals surface area contributed by atoms with Gasteiger partial charge in [0.25, 0.3) is 0 Å². The molecular formula is C12H14N4. The average molecular weight is 214 g/mol. The number of nitrogens with zero attached hydrogens (tertiary/aromatic N) is 3. The highest BCUT2D eigenvalue weighted by Gasteiger charge is 2.08. The molecule has 0 aliphatic rings. The third kappa shape index (κ3) is 2.06. The maximum Gasteiger partial charge on any atom is 0.160 e. The van der Waals surface area contributed by atoms with Crippen LogP contribution < -0.4 is 5.73 Å². The molecule has 0 spiro atoms. The molecule has 1 atom stereocenters. The van der Waals surface area contributed by atoms with Crippen molar-refractivity contribution in [1.29, 1.82) is 0 Å². The first-order valence-electron chi connectivity index (χ1n) is 5.18. The summed E-state index contributed by atoms with van der Waals surface area (Å²) in [7, 11) is 0. The van der Waals surface area contributed by atoms with Crippen molar-refractivity contribution in [2.24, 2.45) is 5.73 Å². The number of hydrogen-bond donors (Lipinski definition) is 1. The molecule has 4 nitrogen and oxygen atoms in total. The quantitative estimate of drug-likeness (QED) is 0.828. The van der Waals surface area contributed by atoms with Gasteiger partial charge in [0.05, 0.1) is 0 Å². The molecule has 2 N–H and O–H groups in total. The summed E-state index contributed by atoms with van der Waals surface area (Å²) in [5, 5.41) is 0. The molecule has 16 heavy (non-hydrogen) atoms. The minimum atomic E-state index is -0.0389. The summed E-state index contributed by atoms with van der Waals surface area (Å²) in [4.78, 5) is 12.8. The highest BCUT2D eigenvalue weighted by Crippen LogP contribution is 2.17. The third-order valence-electron chi connectivity index (χ3n) is 2.43. The van der Waals surface area contributed by atoms with Crippen molar-refractivity contribution < 1.29 is 0 Å². The van der Waals surface area contributed by atoms with E-state index in [-0.39, 0.29) is 6.04 Å². The molecular weight excluding hydrogens is 200 g/mol. The van der Waals surface area contributed by atoms with E-state index in [1.54, 1.807) is 18.6 Å². The molecule has 0 bridgehead atoms. The standard InChI is InChI=1S/C12H14N4/c1-8(13)11-7-15-12(16-9(11)2)10-4-3-5-14-6-10/h3-8H,13H2,1-2H3/t8-/m1/s1. The van der Waals surface area contributed by atoms with Crippen LogP contribution in [0, 0.1) is 6.92 Å². The van der Waals surface area contributed by atoms with Gasteiger partial charge >= 0.3 is 0 Å². The van der Waals surface area contributed by atoms with Gasteiger partial charge in [0, 0.05) is 41.5 Å². The van der Waals surface area contributed by atoms with Crippen molar-refractivity contribution in [2.45, 2.75) is 19.9 Å². The van der Waals surface area contributed by atoms with Crippen molar-refractivity contribution in [3.05, 3.63) is 42.0 Å². The Morgan fingerprint density at radius 3 is 2.69 bits per heavy atom. The molecule has 0 saturated carbocycles. The van der Waals surface area contributed by atoms with Gasteiger partial charge in [0.1, 0.15) is 0 Å². The summed E-state index contributed by atoms with van der Waals surface area (Å²) in [6, 6.07) is 3.77. The Labute approximate surface area is 94.6 Å². The van der Waals surface area contributed by atoms with Crippen LogP contribution in [0.1, 0.15) is 24.2 Å². The number of pyridine rings is 1. The van der Waals surface area contributed by atoms with Crippen LogP contribution >= 0.6 is 0 Å². The molecule has 0 fully saturated rings. The number of nitrogens with two attached hydrogens (primary N) is 1. The van der Waals surface area contributed by atoms with E-state index in [0.29, 0.717) is 5.82 Å². The molecule has 0 saturated heterocycles. The van der Waals surface area contributed by atoms with Gasteiger partial charge in [-0.3, -0.25) is 4.98 Å². The fourth-order valence-electron chi connectivity index (χ4n) is 1.56. The van der Waals surface area contributed by atoms with Gasteiger partial charge in [-0.2, -0.15) is 0 Å². The summed E-state index contributed by atoms with van der Waals surface area (Å²) >= 11 is 0. The van der Waals surface area contributed by atoms with Crippen molar-refractivity contribution in [3.63, 3.8) is 0 Å². The fourth-order valence-corrected chi connectivity index (χ4v) is 1.56. The lowest BCUT2D eigenvalue weighted by atomic mass is 10.1. The predicted molar refractivity (Wildman–Crippen MR) is 62.6 cm³/mol. The molecule has 82 valence electrons. The zero-order valence-corrected chi connectivity index (χ0v) is 9.38. The Bertz CT molecular complexity index is 480. The van der Waals surface area contributed by atoms with E-state index in [0.717, 1.165) is 16.8 Å². The first-order chi connectivity index (χ1) is 7.68. The smallest absolute Gasteiger partial charge is 0.160 e. The Morgan fingerprint density at radius 1 is 1.31 bits per heavy atom. The zero-order chi connectivity index (χ0) is 11.5. The highest BCUT2D eigenvalue weighted by atomic mass is 14.9. The molecule has 2 aromatic heterocycles. The van der Waals surface area contributed by atoms with Crippen molar-refractivity contribution in [1.82, 2.24) is 15.0 Å².